The van der Waals surface area contributed by atoms with Gasteiger partial charge in [-0.3, -0.25) is 9.59 Å². The van der Waals surface area contributed by atoms with Gasteiger partial charge in [0.05, 0.1) is 11.3 Å². The SMILES string of the molecule is CC(=O)Nc1ccc(NC=O)c(C(F)(F)F)c1. The van der Waals surface area contributed by atoms with Gasteiger partial charge >= 0.3 is 6.18 Å². The molecule has 0 saturated carbocycles. The fourth-order valence-corrected chi connectivity index (χ4v) is 1.25. The number of nitrogens with one attached hydrogen (secondary N) is 2. The molecule has 92 valence electrons. The van der Waals surface area contributed by atoms with Crippen molar-refractivity contribution in [2.24, 2.45) is 0 Å². The summed E-state index contributed by atoms with van der Waals surface area (Å²) in [6.45, 7) is 1.19. The molecule has 0 aliphatic rings. The van der Waals surface area contributed by atoms with Crippen molar-refractivity contribution in [3.05, 3.63) is 23.8 Å². The van der Waals surface area contributed by atoms with Gasteiger partial charge in [0.1, 0.15) is 0 Å². The van der Waals surface area contributed by atoms with Crippen LogP contribution in [0.25, 0.3) is 0 Å². The number of alkyl halides is 3. The molecule has 4 nitrogen and oxygen atoms in total. The number of amides is 2. The largest absolute Gasteiger partial charge is 0.418 e. The molecular weight excluding hydrogens is 237 g/mol. The number of hydrogen-bond donors (Lipinski definition) is 2. The molecule has 0 unspecified atom stereocenters. The lowest BCUT2D eigenvalue weighted by atomic mass is 10.1. The molecule has 0 saturated heterocycles. The number of carbonyl (C=O) groups is 2. The molecule has 0 bridgehead atoms. The molecule has 1 aromatic rings. The minimum atomic E-state index is -4.61. The number of rotatable bonds is 3. The van der Waals surface area contributed by atoms with Crippen LogP contribution < -0.4 is 10.6 Å². The number of hydrogen-bond acceptors (Lipinski definition) is 2. The highest BCUT2D eigenvalue weighted by Gasteiger charge is 2.33. The van der Waals surface area contributed by atoms with Crippen LogP contribution in [0.3, 0.4) is 0 Å². The summed E-state index contributed by atoms with van der Waals surface area (Å²) in [6.07, 6.45) is -4.46. The Balaban J connectivity index is 3.19. The number of carbonyl (C=O) groups excluding carboxylic acids is 2. The van der Waals surface area contributed by atoms with Crippen LogP contribution in [0.2, 0.25) is 0 Å². The summed E-state index contributed by atoms with van der Waals surface area (Å²) in [5.41, 5.74) is -1.36. The van der Waals surface area contributed by atoms with E-state index in [9.17, 15) is 22.8 Å². The van der Waals surface area contributed by atoms with Crippen LogP contribution in [0.15, 0.2) is 18.2 Å². The van der Waals surface area contributed by atoms with Gasteiger partial charge < -0.3 is 10.6 Å². The summed E-state index contributed by atoms with van der Waals surface area (Å²) in [7, 11) is 0. The van der Waals surface area contributed by atoms with Gasteiger partial charge in [0, 0.05) is 12.6 Å². The maximum atomic E-state index is 12.6. The lowest BCUT2D eigenvalue weighted by molar-refractivity contribution is -0.137. The minimum absolute atomic E-state index is 0.0151. The summed E-state index contributed by atoms with van der Waals surface area (Å²) < 4.78 is 37.9. The first kappa shape index (κ1) is 13.0. The molecule has 1 rings (SSSR count). The predicted octanol–water partition coefficient (Wildman–Crippen LogP) is 2.23. The van der Waals surface area contributed by atoms with Crippen LogP contribution in [-0.4, -0.2) is 12.3 Å². The monoisotopic (exact) mass is 246 g/mol. The highest BCUT2D eigenvalue weighted by molar-refractivity contribution is 5.89. The van der Waals surface area contributed by atoms with Crippen molar-refractivity contribution < 1.29 is 22.8 Å². The summed E-state index contributed by atoms with van der Waals surface area (Å²) in [5, 5.41) is 4.18. The Morgan fingerprint density at radius 3 is 2.47 bits per heavy atom. The fourth-order valence-electron chi connectivity index (χ4n) is 1.25. The van der Waals surface area contributed by atoms with Gasteiger partial charge in [-0.1, -0.05) is 0 Å². The fraction of sp³-hybridized carbons (Fsp3) is 0.200. The zero-order valence-electron chi connectivity index (χ0n) is 8.76. The van der Waals surface area contributed by atoms with Crippen LogP contribution in [0.5, 0.6) is 0 Å². The Hall–Kier alpha value is -2.05. The molecule has 1 aromatic carbocycles. The Labute approximate surface area is 94.8 Å². The molecule has 0 fully saturated rings. The third-order valence-corrected chi connectivity index (χ3v) is 1.86. The summed E-state index contributed by atoms with van der Waals surface area (Å²) in [5.74, 6) is -0.478. The maximum Gasteiger partial charge on any atom is 0.418 e. The van der Waals surface area contributed by atoms with Crippen molar-refractivity contribution in [2.75, 3.05) is 10.6 Å². The normalized spacial score (nSPS) is 10.8. The lowest BCUT2D eigenvalue weighted by Crippen LogP contribution is -2.12. The van der Waals surface area contributed by atoms with Gasteiger partial charge in [0.15, 0.2) is 0 Å². The molecule has 17 heavy (non-hydrogen) atoms. The van der Waals surface area contributed by atoms with Gasteiger partial charge in [-0.25, -0.2) is 0 Å². The molecule has 2 N–H and O–H groups in total. The summed E-state index contributed by atoms with van der Waals surface area (Å²) in [6, 6.07) is 3.10. The van der Waals surface area contributed by atoms with Crippen LogP contribution in [0.1, 0.15) is 12.5 Å². The van der Waals surface area contributed by atoms with Gasteiger partial charge in [0.2, 0.25) is 12.3 Å². The quantitative estimate of drug-likeness (QED) is 0.803. The molecule has 0 aromatic heterocycles. The van der Waals surface area contributed by atoms with Gasteiger partial charge in [-0.05, 0) is 18.2 Å². The number of anilines is 2. The molecular formula is C10H9F3N2O2. The van der Waals surface area contributed by atoms with E-state index in [1.54, 1.807) is 0 Å². The Morgan fingerprint density at radius 2 is 2.00 bits per heavy atom. The topological polar surface area (TPSA) is 58.2 Å². The second-order valence-electron chi connectivity index (χ2n) is 3.20. The predicted molar refractivity (Wildman–Crippen MR) is 55.4 cm³/mol. The first-order valence-electron chi connectivity index (χ1n) is 4.53. The van der Waals surface area contributed by atoms with Crippen LogP contribution in [0, 0.1) is 0 Å². The zero-order valence-corrected chi connectivity index (χ0v) is 8.76. The third-order valence-electron chi connectivity index (χ3n) is 1.86. The number of halogens is 3. The molecule has 0 aliphatic carbocycles. The average Bonchev–Trinajstić information content (AvgIpc) is 2.18. The van der Waals surface area contributed by atoms with Crippen LogP contribution >= 0.6 is 0 Å². The van der Waals surface area contributed by atoms with Gasteiger partial charge in [-0.2, -0.15) is 13.2 Å². The Morgan fingerprint density at radius 1 is 1.35 bits per heavy atom. The van der Waals surface area contributed by atoms with E-state index < -0.39 is 17.6 Å². The molecule has 2 amide bonds. The van der Waals surface area contributed by atoms with E-state index in [2.05, 4.69) is 5.32 Å². The van der Waals surface area contributed by atoms with E-state index in [4.69, 9.17) is 0 Å². The highest BCUT2D eigenvalue weighted by Crippen LogP contribution is 2.36. The zero-order chi connectivity index (χ0) is 13.1. The minimum Gasteiger partial charge on any atom is -0.328 e. The third kappa shape index (κ3) is 3.47. The molecule has 7 heteroatoms. The smallest absolute Gasteiger partial charge is 0.328 e. The first-order valence-corrected chi connectivity index (χ1v) is 4.53. The van der Waals surface area contributed by atoms with E-state index in [0.717, 1.165) is 12.1 Å². The van der Waals surface area contributed by atoms with Crippen molar-refractivity contribution in [3.8, 4) is 0 Å². The lowest BCUT2D eigenvalue weighted by Gasteiger charge is -2.13. The van der Waals surface area contributed by atoms with E-state index in [1.165, 1.54) is 13.0 Å². The van der Waals surface area contributed by atoms with Crippen molar-refractivity contribution >= 4 is 23.7 Å². The van der Waals surface area contributed by atoms with E-state index in [1.807, 2.05) is 5.32 Å². The van der Waals surface area contributed by atoms with Crippen molar-refractivity contribution in [3.63, 3.8) is 0 Å². The Kier molecular flexibility index (Phi) is 3.72. The van der Waals surface area contributed by atoms with E-state index >= 15 is 0 Å². The molecule has 0 aliphatic heterocycles. The summed E-state index contributed by atoms with van der Waals surface area (Å²) in [4.78, 5) is 20.9. The van der Waals surface area contributed by atoms with Crippen LogP contribution in [0.4, 0.5) is 24.5 Å². The second-order valence-corrected chi connectivity index (χ2v) is 3.20. The Bertz CT molecular complexity index is 444. The van der Waals surface area contributed by atoms with Gasteiger partial charge in [0.25, 0.3) is 0 Å². The van der Waals surface area contributed by atoms with Crippen LogP contribution in [-0.2, 0) is 15.8 Å². The molecule has 0 radical (unpaired) electrons. The molecule has 0 spiro atoms. The molecule has 0 heterocycles. The standard InChI is InChI=1S/C10H9F3N2O2/c1-6(17)15-7-2-3-9(14-5-16)8(4-7)10(11,12)13/h2-5H,1H3,(H,14,16)(H,15,17). The van der Waals surface area contributed by atoms with E-state index in [-0.39, 0.29) is 17.8 Å². The van der Waals surface area contributed by atoms with E-state index in [0.29, 0.717) is 0 Å². The first-order chi connectivity index (χ1) is 7.84. The highest BCUT2D eigenvalue weighted by atomic mass is 19.4. The maximum absolute atomic E-state index is 12.6. The second kappa shape index (κ2) is 4.86. The number of benzene rings is 1. The molecule has 0 atom stereocenters. The average molecular weight is 246 g/mol. The summed E-state index contributed by atoms with van der Waals surface area (Å²) >= 11 is 0. The van der Waals surface area contributed by atoms with Crippen molar-refractivity contribution in [1.29, 1.82) is 0 Å². The van der Waals surface area contributed by atoms with Crippen molar-refractivity contribution in [2.45, 2.75) is 13.1 Å². The van der Waals surface area contributed by atoms with Gasteiger partial charge in [-0.15, -0.1) is 0 Å². The van der Waals surface area contributed by atoms with Crippen molar-refractivity contribution in [1.82, 2.24) is 0 Å².